The van der Waals surface area contributed by atoms with Crippen molar-refractivity contribution < 1.29 is 5.11 Å². The Morgan fingerprint density at radius 1 is 1.53 bits per heavy atom. The third kappa shape index (κ3) is 2.55. The lowest BCUT2D eigenvalue weighted by Gasteiger charge is -2.31. The molecule has 0 aliphatic rings. The van der Waals surface area contributed by atoms with Gasteiger partial charge in [-0.2, -0.15) is 0 Å². The van der Waals surface area contributed by atoms with E-state index in [2.05, 4.69) is 4.98 Å². The number of aliphatic hydroxyl groups excluding tert-OH is 1. The Bertz CT molecular complexity index is 304. The number of hydrogen-bond donors (Lipinski definition) is 2. The third-order valence-corrected chi connectivity index (χ3v) is 3.15. The zero-order valence-electron chi connectivity index (χ0n) is 9.70. The number of hydrogen-bond acceptors (Lipinski definition) is 3. The minimum atomic E-state index is -0.590. The Labute approximate surface area is 91.3 Å². The van der Waals surface area contributed by atoms with Gasteiger partial charge in [0.05, 0.1) is 5.69 Å². The van der Waals surface area contributed by atoms with Crippen LogP contribution < -0.4 is 5.73 Å². The number of rotatable bonds is 4. The topological polar surface area (TPSA) is 59.1 Å². The number of pyridine rings is 1. The molecule has 3 heteroatoms. The Morgan fingerprint density at radius 3 is 2.60 bits per heavy atom. The van der Waals surface area contributed by atoms with Crippen molar-refractivity contribution in [2.24, 2.45) is 11.1 Å². The first kappa shape index (κ1) is 12.1. The molecule has 1 heterocycles. The molecule has 1 aromatic heterocycles. The number of aryl methyl sites for hydroxylation is 1. The van der Waals surface area contributed by atoms with Crippen LogP contribution in [0.5, 0.6) is 0 Å². The highest BCUT2D eigenvalue weighted by Crippen LogP contribution is 2.34. The van der Waals surface area contributed by atoms with Gasteiger partial charge in [-0.3, -0.25) is 4.98 Å². The maximum Gasteiger partial charge on any atom is 0.102 e. The molecule has 1 aromatic rings. The van der Waals surface area contributed by atoms with E-state index in [1.807, 2.05) is 32.9 Å². The number of nitrogens with two attached hydrogens (primary N) is 1. The molecule has 0 bridgehead atoms. The van der Waals surface area contributed by atoms with Crippen LogP contribution in [0, 0.1) is 12.3 Å². The van der Waals surface area contributed by atoms with Crippen LogP contribution in [0.1, 0.15) is 37.6 Å². The van der Waals surface area contributed by atoms with E-state index < -0.39 is 6.10 Å². The van der Waals surface area contributed by atoms with Crippen LogP contribution in [-0.2, 0) is 0 Å². The van der Waals surface area contributed by atoms with Gasteiger partial charge in [0.15, 0.2) is 0 Å². The van der Waals surface area contributed by atoms with E-state index in [1.54, 1.807) is 6.20 Å². The minimum Gasteiger partial charge on any atom is -0.386 e. The Morgan fingerprint density at radius 2 is 2.20 bits per heavy atom. The molecule has 0 aliphatic carbocycles. The molecule has 0 saturated carbocycles. The first-order valence-electron chi connectivity index (χ1n) is 5.34. The predicted molar refractivity (Wildman–Crippen MR) is 61.4 cm³/mol. The molecule has 0 spiro atoms. The molecule has 1 rings (SSSR count). The highest BCUT2D eigenvalue weighted by atomic mass is 16.3. The highest BCUT2D eigenvalue weighted by molar-refractivity contribution is 5.15. The fourth-order valence-electron chi connectivity index (χ4n) is 1.45. The Hall–Kier alpha value is -0.930. The second-order valence-corrected chi connectivity index (χ2v) is 4.37. The largest absolute Gasteiger partial charge is 0.386 e. The monoisotopic (exact) mass is 208 g/mol. The van der Waals surface area contributed by atoms with E-state index in [0.29, 0.717) is 12.2 Å². The molecule has 0 amide bonds. The summed E-state index contributed by atoms with van der Waals surface area (Å²) in [5, 5.41) is 10.2. The molecule has 3 nitrogen and oxygen atoms in total. The number of aromatic nitrogens is 1. The highest BCUT2D eigenvalue weighted by Gasteiger charge is 2.31. The van der Waals surface area contributed by atoms with Crippen molar-refractivity contribution in [3.05, 3.63) is 29.6 Å². The molecular formula is C12H20N2O. The summed E-state index contributed by atoms with van der Waals surface area (Å²) in [6.45, 7) is 6.45. The predicted octanol–water partition coefficient (Wildman–Crippen LogP) is 1.80. The van der Waals surface area contributed by atoms with Crippen molar-refractivity contribution in [2.45, 2.75) is 33.3 Å². The average Bonchev–Trinajstić information content (AvgIpc) is 2.28. The Kier molecular flexibility index (Phi) is 3.83. The van der Waals surface area contributed by atoms with Gasteiger partial charge in [0.2, 0.25) is 0 Å². The van der Waals surface area contributed by atoms with Crippen LogP contribution in [0.15, 0.2) is 18.3 Å². The van der Waals surface area contributed by atoms with Crippen molar-refractivity contribution >= 4 is 0 Å². The van der Waals surface area contributed by atoms with Gasteiger partial charge in [-0.15, -0.1) is 0 Å². The fraction of sp³-hybridized carbons (Fsp3) is 0.583. The van der Waals surface area contributed by atoms with Gasteiger partial charge in [0.1, 0.15) is 6.10 Å². The summed E-state index contributed by atoms with van der Waals surface area (Å²) in [6.07, 6.45) is 2.01. The average molecular weight is 208 g/mol. The van der Waals surface area contributed by atoms with E-state index in [4.69, 9.17) is 5.73 Å². The Balaban J connectivity index is 2.92. The second kappa shape index (κ2) is 4.73. The molecule has 0 radical (unpaired) electrons. The molecule has 0 aliphatic heterocycles. The van der Waals surface area contributed by atoms with E-state index in [-0.39, 0.29) is 5.41 Å². The molecule has 2 unspecified atom stereocenters. The fourth-order valence-corrected chi connectivity index (χ4v) is 1.45. The van der Waals surface area contributed by atoms with Gasteiger partial charge in [-0.1, -0.05) is 19.9 Å². The standard InChI is InChI=1S/C12H20N2O/c1-4-12(3,8-13)11(15)10-6-5-9(2)7-14-10/h5-7,11,15H,4,8,13H2,1-3H3. The van der Waals surface area contributed by atoms with Crippen molar-refractivity contribution in [1.82, 2.24) is 4.98 Å². The van der Waals surface area contributed by atoms with Crippen LogP contribution in [0.2, 0.25) is 0 Å². The quantitative estimate of drug-likeness (QED) is 0.793. The van der Waals surface area contributed by atoms with Crippen molar-refractivity contribution in [3.8, 4) is 0 Å². The van der Waals surface area contributed by atoms with E-state index in [9.17, 15) is 5.11 Å². The summed E-state index contributed by atoms with van der Waals surface area (Å²) in [5.41, 5.74) is 7.21. The molecule has 0 fully saturated rings. The van der Waals surface area contributed by atoms with E-state index in [0.717, 1.165) is 12.0 Å². The van der Waals surface area contributed by atoms with Crippen molar-refractivity contribution in [1.29, 1.82) is 0 Å². The van der Waals surface area contributed by atoms with Gasteiger partial charge >= 0.3 is 0 Å². The van der Waals surface area contributed by atoms with Crippen LogP contribution in [0.3, 0.4) is 0 Å². The molecule has 0 aromatic carbocycles. The van der Waals surface area contributed by atoms with Gasteiger partial charge in [-0.25, -0.2) is 0 Å². The van der Waals surface area contributed by atoms with Gasteiger partial charge < -0.3 is 10.8 Å². The lowest BCUT2D eigenvalue weighted by molar-refractivity contribution is 0.0357. The number of aliphatic hydroxyl groups is 1. The molecule has 84 valence electrons. The second-order valence-electron chi connectivity index (χ2n) is 4.37. The lowest BCUT2D eigenvalue weighted by atomic mass is 9.80. The molecule has 2 atom stereocenters. The SMILES string of the molecule is CCC(C)(CN)C(O)c1ccc(C)cn1. The van der Waals surface area contributed by atoms with Crippen LogP contribution in [-0.4, -0.2) is 16.6 Å². The van der Waals surface area contributed by atoms with Gasteiger partial charge in [-0.05, 0) is 25.0 Å². The summed E-state index contributed by atoms with van der Waals surface area (Å²) in [4.78, 5) is 4.23. The first-order chi connectivity index (χ1) is 7.03. The summed E-state index contributed by atoms with van der Waals surface area (Å²) >= 11 is 0. The summed E-state index contributed by atoms with van der Waals surface area (Å²) in [5.74, 6) is 0. The summed E-state index contributed by atoms with van der Waals surface area (Å²) < 4.78 is 0. The maximum absolute atomic E-state index is 10.2. The lowest BCUT2D eigenvalue weighted by Crippen LogP contribution is -2.33. The van der Waals surface area contributed by atoms with Crippen LogP contribution >= 0.6 is 0 Å². The smallest absolute Gasteiger partial charge is 0.102 e. The molecule has 15 heavy (non-hydrogen) atoms. The van der Waals surface area contributed by atoms with Crippen LogP contribution in [0.25, 0.3) is 0 Å². The van der Waals surface area contributed by atoms with Crippen molar-refractivity contribution in [3.63, 3.8) is 0 Å². The van der Waals surface area contributed by atoms with Gasteiger partial charge in [0, 0.05) is 18.2 Å². The van der Waals surface area contributed by atoms with Gasteiger partial charge in [0.25, 0.3) is 0 Å². The van der Waals surface area contributed by atoms with Crippen molar-refractivity contribution in [2.75, 3.05) is 6.54 Å². The first-order valence-corrected chi connectivity index (χ1v) is 5.34. The third-order valence-electron chi connectivity index (χ3n) is 3.15. The van der Waals surface area contributed by atoms with E-state index in [1.165, 1.54) is 0 Å². The maximum atomic E-state index is 10.2. The molecule has 0 saturated heterocycles. The zero-order chi connectivity index (χ0) is 11.5. The summed E-state index contributed by atoms with van der Waals surface area (Å²) in [6, 6.07) is 3.82. The zero-order valence-corrected chi connectivity index (χ0v) is 9.70. The van der Waals surface area contributed by atoms with Crippen LogP contribution in [0.4, 0.5) is 0 Å². The molecule has 3 N–H and O–H groups in total. The minimum absolute atomic E-state index is 0.289. The normalized spacial score (nSPS) is 17.1. The number of nitrogens with zero attached hydrogens (tertiary/aromatic N) is 1. The molecular weight excluding hydrogens is 188 g/mol. The van der Waals surface area contributed by atoms with E-state index >= 15 is 0 Å². The summed E-state index contributed by atoms with van der Waals surface area (Å²) in [7, 11) is 0.